The van der Waals surface area contributed by atoms with E-state index in [1.165, 1.54) is 36.8 Å². The van der Waals surface area contributed by atoms with Gasteiger partial charge in [0.05, 0.1) is 12.7 Å². The van der Waals surface area contributed by atoms with Gasteiger partial charge in [0.15, 0.2) is 0 Å². The maximum atomic E-state index is 4.47. The third-order valence-corrected chi connectivity index (χ3v) is 4.55. The highest BCUT2D eigenvalue weighted by atomic mass is 15.3. The minimum absolute atomic E-state index is 0.677. The third-order valence-electron chi connectivity index (χ3n) is 4.55. The summed E-state index contributed by atoms with van der Waals surface area (Å²) in [5.41, 5.74) is 2.57. The zero-order chi connectivity index (χ0) is 14.5. The summed E-state index contributed by atoms with van der Waals surface area (Å²) in [6, 6.07) is 11.2. The molecule has 2 atom stereocenters. The standard InChI is InChI=1S/C18H25N3/c1-15-7-5-6-10-18(15)19-11-17-12-20-21(14-17)13-16-8-3-2-4-9-16/h2-4,8-9,12,14-15,18-19H,5-7,10-11,13H2,1H3. The van der Waals surface area contributed by atoms with Crippen LogP contribution in [-0.2, 0) is 13.1 Å². The predicted octanol–water partition coefficient (Wildman–Crippen LogP) is 3.60. The van der Waals surface area contributed by atoms with Crippen LogP contribution in [0.2, 0.25) is 0 Å². The van der Waals surface area contributed by atoms with Crippen molar-refractivity contribution in [1.29, 1.82) is 0 Å². The van der Waals surface area contributed by atoms with Crippen molar-refractivity contribution >= 4 is 0 Å². The number of hydrogen-bond donors (Lipinski definition) is 1. The lowest BCUT2D eigenvalue weighted by Gasteiger charge is -2.29. The summed E-state index contributed by atoms with van der Waals surface area (Å²) in [7, 11) is 0. The second-order valence-corrected chi connectivity index (χ2v) is 6.28. The van der Waals surface area contributed by atoms with Crippen LogP contribution in [0.25, 0.3) is 0 Å². The van der Waals surface area contributed by atoms with Crippen LogP contribution in [0.3, 0.4) is 0 Å². The molecule has 1 aromatic carbocycles. The Labute approximate surface area is 127 Å². The molecule has 0 spiro atoms. The van der Waals surface area contributed by atoms with Gasteiger partial charge >= 0.3 is 0 Å². The number of benzene rings is 1. The molecule has 3 rings (SSSR count). The van der Waals surface area contributed by atoms with Crippen molar-refractivity contribution in [2.45, 2.75) is 51.7 Å². The van der Waals surface area contributed by atoms with Crippen molar-refractivity contribution in [2.75, 3.05) is 0 Å². The Morgan fingerprint density at radius 3 is 2.76 bits per heavy atom. The Hall–Kier alpha value is -1.61. The molecule has 0 radical (unpaired) electrons. The van der Waals surface area contributed by atoms with E-state index < -0.39 is 0 Å². The normalized spacial score (nSPS) is 22.3. The smallest absolute Gasteiger partial charge is 0.0659 e. The van der Waals surface area contributed by atoms with E-state index in [9.17, 15) is 0 Å². The van der Waals surface area contributed by atoms with E-state index in [4.69, 9.17) is 0 Å². The molecule has 1 heterocycles. The lowest BCUT2D eigenvalue weighted by atomic mass is 9.86. The molecule has 0 amide bonds. The summed E-state index contributed by atoms with van der Waals surface area (Å²) >= 11 is 0. The molecular formula is C18H25N3. The summed E-state index contributed by atoms with van der Waals surface area (Å²) in [4.78, 5) is 0. The minimum atomic E-state index is 0.677. The Kier molecular flexibility index (Phi) is 4.71. The van der Waals surface area contributed by atoms with Crippen LogP contribution in [0.1, 0.15) is 43.7 Å². The van der Waals surface area contributed by atoms with Gasteiger partial charge in [-0.25, -0.2) is 0 Å². The number of nitrogens with one attached hydrogen (secondary N) is 1. The number of nitrogens with zero attached hydrogens (tertiary/aromatic N) is 2. The lowest BCUT2D eigenvalue weighted by Crippen LogP contribution is -2.36. The second kappa shape index (κ2) is 6.90. The first kappa shape index (κ1) is 14.3. The van der Waals surface area contributed by atoms with Crippen LogP contribution in [0.5, 0.6) is 0 Å². The highest BCUT2D eigenvalue weighted by Crippen LogP contribution is 2.23. The van der Waals surface area contributed by atoms with Crippen LogP contribution in [0, 0.1) is 5.92 Å². The Bertz CT molecular complexity index is 547. The monoisotopic (exact) mass is 283 g/mol. The van der Waals surface area contributed by atoms with Gasteiger partial charge < -0.3 is 5.32 Å². The molecule has 0 aliphatic heterocycles. The fourth-order valence-corrected chi connectivity index (χ4v) is 3.22. The summed E-state index contributed by atoms with van der Waals surface area (Å²) in [6.07, 6.45) is 9.60. The van der Waals surface area contributed by atoms with E-state index in [0.29, 0.717) is 6.04 Å². The van der Waals surface area contributed by atoms with Gasteiger partial charge in [-0.05, 0) is 24.3 Å². The van der Waals surface area contributed by atoms with Crippen LogP contribution in [0.15, 0.2) is 42.7 Å². The molecule has 0 saturated heterocycles. The first-order valence-corrected chi connectivity index (χ1v) is 8.10. The van der Waals surface area contributed by atoms with Crippen molar-refractivity contribution in [1.82, 2.24) is 15.1 Å². The van der Waals surface area contributed by atoms with Crippen LogP contribution in [0.4, 0.5) is 0 Å². The molecule has 21 heavy (non-hydrogen) atoms. The molecule has 1 saturated carbocycles. The summed E-state index contributed by atoms with van der Waals surface area (Å²) in [5, 5.41) is 8.18. The van der Waals surface area contributed by atoms with Gasteiger partial charge in [0.1, 0.15) is 0 Å². The largest absolute Gasteiger partial charge is 0.310 e. The van der Waals surface area contributed by atoms with Gasteiger partial charge in [-0.1, -0.05) is 50.1 Å². The molecule has 112 valence electrons. The molecule has 1 aromatic heterocycles. The molecule has 0 bridgehead atoms. The maximum absolute atomic E-state index is 4.47. The van der Waals surface area contributed by atoms with Crippen LogP contribution in [-0.4, -0.2) is 15.8 Å². The molecule has 1 N–H and O–H groups in total. The van der Waals surface area contributed by atoms with Gasteiger partial charge in [-0.2, -0.15) is 5.10 Å². The molecule has 3 heteroatoms. The molecule has 3 nitrogen and oxygen atoms in total. The van der Waals surface area contributed by atoms with Gasteiger partial charge in [0.25, 0.3) is 0 Å². The Morgan fingerprint density at radius 2 is 1.95 bits per heavy atom. The summed E-state index contributed by atoms with van der Waals surface area (Å²) < 4.78 is 2.02. The van der Waals surface area contributed by atoms with E-state index in [1.54, 1.807) is 0 Å². The summed E-state index contributed by atoms with van der Waals surface area (Å²) in [6.45, 7) is 4.15. The molecule has 1 fully saturated rings. The molecule has 1 aliphatic carbocycles. The fourth-order valence-electron chi connectivity index (χ4n) is 3.22. The zero-order valence-electron chi connectivity index (χ0n) is 12.8. The Morgan fingerprint density at radius 1 is 1.14 bits per heavy atom. The van der Waals surface area contributed by atoms with E-state index in [-0.39, 0.29) is 0 Å². The van der Waals surface area contributed by atoms with Gasteiger partial charge in [-0.15, -0.1) is 0 Å². The van der Waals surface area contributed by atoms with Gasteiger partial charge in [-0.3, -0.25) is 4.68 Å². The van der Waals surface area contributed by atoms with Crippen molar-refractivity contribution in [3.05, 3.63) is 53.9 Å². The quantitative estimate of drug-likeness (QED) is 0.908. The molecule has 2 aromatic rings. The number of rotatable bonds is 5. The van der Waals surface area contributed by atoms with E-state index in [0.717, 1.165) is 19.0 Å². The number of aromatic nitrogens is 2. The van der Waals surface area contributed by atoms with E-state index in [2.05, 4.69) is 47.8 Å². The highest BCUT2D eigenvalue weighted by Gasteiger charge is 2.20. The molecular weight excluding hydrogens is 258 g/mol. The van der Waals surface area contributed by atoms with Crippen molar-refractivity contribution in [2.24, 2.45) is 5.92 Å². The molecule has 2 unspecified atom stereocenters. The van der Waals surface area contributed by atoms with Crippen LogP contribution >= 0.6 is 0 Å². The van der Waals surface area contributed by atoms with Gasteiger partial charge in [0, 0.05) is 24.3 Å². The average molecular weight is 283 g/mol. The first-order valence-electron chi connectivity index (χ1n) is 8.10. The maximum Gasteiger partial charge on any atom is 0.0659 e. The first-order chi connectivity index (χ1) is 10.3. The van der Waals surface area contributed by atoms with Crippen molar-refractivity contribution in [3.8, 4) is 0 Å². The van der Waals surface area contributed by atoms with Crippen molar-refractivity contribution < 1.29 is 0 Å². The zero-order valence-corrected chi connectivity index (χ0v) is 12.8. The van der Waals surface area contributed by atoms with E-state index >= 15 is 0 Å². The minimum Gasteiger partial charge on any atom is -0.310 e. The third kappa shape index (κ3) is 3.94. The average Bonchev–Trinajstić information content (AvgIpc) is 2.95. The number of hydrogen-bond acceptors (Lipinski definition) is 2. The second-order valence-electron chi connectivity index (χ2n) is 6.28. The lowest BCUT2D eigenvalue weighted by molar-refractivity contribution is 0.279. The summed E-state index contributed by atoms with van der Waals surface area (Å²) in [5.74, 6) is 0.804. The SMILES string of the molecule is CC1CCCCC1NCc1cnn(Cc2ccccc2)c1. The van der Waals surface area contributed by atoms with E-state index in [1.807, 2.05) is 16.9 Å². The predicted molar refractivity (Wildman–Crippen MR) is 86.0 cm³/mol. The molecule has 1 aliphatic rings. The van der Waals surface area contributed by atoms with Crippen molar-refractivity contribution in [3.63, 3.8) is 0 Å². The van der Waals surface area contributed by atoms with Gasteiger partial charge in [0.2, 0.25) is 0 Å². The Balaban J connectivity index is 1.53. The highest BCUT2D eigenvalue weighted by molar-refractivity contribution is 5.15. The topological polar surface area (TPSA) is 29.9 Å². The van der Waals surface area contributed by atoms with Crippen LogP contribution < -0.4 is 5.32 Å². The fraction of sp³-hybridized carbons (Fsp3) is 0.500.